The van der Waals surface area contributed by atoms with E-state index in [1.54, 1.807) is 31.3 Å². The van der Waals surface area contributed by atoms with Crippen LogP contribution in [0.1, 0.15) is 35.7 Å². The molecule has 22 heavy (non-hydrogen) atoms. The smallest absolute Gasteiger partial charge is 0.257 e. The van der Waals surface area contributed by atoms with E-state index in [0.717, 1.165) is 12.5 Å². The van der Waals surface area contributed by atoms with Crippen LogP contribution in [0.25, 0.3) is 6.08 Å². The third-order valence-electron chi connectivity index (χ3n) is 2.85. The van der Waals surface area contributed by atoms with Crippen molar-refractivity contribution in [3.8, 4) is 0 Å². The van der Waals surface area contributed by atoms with E-state index in [0.29, 0.717) is 17.5 Å². The van der Waals surface area contributed by atoms with E-state index >= 15 is 0 Å². The second-order valence-corrected chi connectivity index (χ2v) is 6.52. The van der Waals surface area contributed by atoms with Crippen LogP contribution < -0.4 is 10.0 Å². The van der Waals surface area contributed by atoms with Gasteiger partial charge in [-0.15, -0.1) is 0 Å². The normalized spacial score (nSPS) is 11.4. The molecule has 2 amide bonds. The molecule has 0 bridgehead atoms. The highest BCUT2D eigenvalue weighted by Gasteiger charge is 2.11. The summed E-state index contributed by atoms with van der Waals surface area (Å²) in [5.74, 6) is -0.953. The van der Waals surface area contributed by atoms with Crippen LogP contribution in [0.5, 0.6) is 0 Å². The maximum atomic E-state index is 11.6. The van der Waals surface area contributed by atoms with Crippen LogP contribution in [0, 0.1) is 0 Å². The minimum absolute atomic E-state index is 0.0656. The third kappa shape index (κ3) is 6.09. The molecule has 2 N–H and O–H groups in total. The van der Waals surface area contributed by atoms with Gasteiger partial charge in [-0.05, 0) is 30.2 Å². The summed E-state index contributed by atoms with van der Waals surface area (Å²) in [7, 11) is -2.03. The van der Waals surface area contributed by atoms with Gasteiger partial charge in [0.1, 0.15) is 0 Å². The Balaban J connectivity index is 2.64. The molecule has 0 saturated heterocycles. The van der Waals surface area contributed by atoms with Crippen LogP contribution in [0.4, 0.5) is 0 Å². The van der Waals surface area contributed by atoms with Gasteiger partial charge in [-0.1, -0.05) is 25.5 Å². The number of hydrogen-bond donors (Lipinski definition) is 2. The van der Waals surface area contributed by atoms with Gasteiger partial charge in [0.2, 0.25) is 10.0 Å². The second-order valence-electron chi connectivity index (χ2n) is 4.67. The van der Waals surface area contributed by atoms with Crippen LogP contribution in [0.2, 0.25) is 0 Å². The first-order valence-electron chi connectivity index (χ1n) is 6.92. The fraction of sp³-hybridized carbons (Fsp3) is 0.333. The molecule has 0 spiro atoms. The van der Waals surface area contributed by atoms with E-state index in [9.17, 15) is 18.0 Å². The van der Waals surface area contributed by atoms with Crippen molar-refractivity contribution in [3.05, 3.63) is 41.5 Å². The SMILES string of the molecule is CCCCS(=O)(=O)NC(=O)/C=C/c1ccc(C(=O)NC)cc1. The quantitative estimate of drug-likeness (QED) is 0.740. The van der Waals surface area contributed by atoms with Crippen molar-refractivity contribution in [2.24, 2.45) is 0 Å². The molecule has 1 aromatic rings. The largest absolute Gasteiger partial charge is 0.355 e. The number of nitrogens with one attached hydrogen (secondary N) is 2. The van der Waals surface area contributed by atoms with Crippen LogP contribution in [-0.4, -0.2) is 33.0 Å². The number of hydrogen-bond acceptors (Lipinski definition) is 4. The van der Waals surface area contributed by atoms with Crippen molar-refractivity contribution in [2.75, 3.05) is 12.8 Å². The fourth-order valence-electron chi connectivity index (χ4n) is 1.63. The number of sulfonamides is 1. The minimum atomic E-state index is -3.57. The molecule has 0 heterocycles. The zero-order valence-corrected chi connectivity index (χ0v) is 13.4. The topological polar surface area (TPSA) is 92.3 Å². The van der Waals surface area contributed by atoms with E-state index in [2.05, 4.69) is 5.32 Å². The molecule has 0 fully saturated rings. The van der Waals surface area contributed by atoms with Crippen molar-refractivity contribution in [1.29, 1.82) is 0 Å². The molecular weight excluding hydrogens is 304 g/mol. The lowest BCUT2D eigenvalue weighted by Crippen LogP contribution is -2.31. The average Bonchev–Trinajstić information content (AvgIpc) is 2.50. The molecule has 0 saturated carbocycles. The van der Waals surface area contributed by atoms with Crippen LogP contribution in [0.15, 0.2) is 30.3 Å². The summed E-state index contributed by atoms with van der Waals surface area (Å²) in [6.07, 6.45) is 3.88. The molecule has 0 aliphatic rings. The Morgan fingerprint density at radius 2 is 1.82 bits per heavy atom. The summed E-state index contributed by atoms with van der Waals surface area (Å²) in [5.41, 5.74) is 1.19. The number of unbranched alkanes of at least 4 members (excludes halogenated alkanes) is 1. The molecule has 7 heteroatoms. The zero-order valence-electron chi connectivity index (χ0n) is 12.6. The Morgan fingerprint density at radius 1 is 1.18 bits per heavy atom. The van der Waals surface area contributed by atoms with Crippen molar-refractivity contribution in [1.82, 2.24) is 10.0 Å². The molecule has 0 aromatic heterocycles. The highest BCUT2D eigenvalue weighted by Crippen LogP contribution is 2.06. The highest BCUT2D eigenvalue weighted by atomic mass is 32.2. The fourth-order valence-corrected chi connectivity index (χ4v) is 2.78. The van der Waals surface area contributed by atoms with Gasteiger partial charge in [0, 0.05) is 18.7 Å². The van der Waals surface area contributed by atoms with Crippen LogP contribution in [0.3, 0.4) is 0 Å². The lowest BCUT2D eigenvalue weighted by molar-refractivity contribution is -0.114. The highest BCUT2D eigenvalue weighted by molar-refractivity contribution is 7.90. The van der Waals surface area contributed by atoms with E-state index in [1.165, 1.54) is 6.08 Å². The lowest BCUT2D eigenvalue weighted by atomic mass is 10.1. The van der Waals surface area contributed by atoms with E-state index in [-0.39, 0.29) is 11.7 Å². The molecule has 0 atom stereocenters. The van der Waals surface area contributed by atoms with Crippen molar-refractivity contribution in [3.63, 3.8) is 0 Å². The number of carbonyl (C=O) groups excluding carboxylic acids is 2. The van der Waals surface area contributed by atoms with E-state index < -0.39 is 15.9 Å². The molecule has 1 rings (SSSR count). The summed E-state index contributed by atoms with van der Waals surface area (Å²) in [4.78, 5) is 22.9. The number of amides is 2. The average molecular weight is 324 g/mol. The summed E-state index contributed by atoms with van der Waals surface area (Å²) < 4.78 is 25.1. The molecule has 6 nitrogen and oxygen atoms in total. The Labute approximate surface area is 130 Å². The molecule has 1 aromatic carbocycles. The van der Waals surface area contributed by atoms with Gasteiger partial charge < -0.3 is 5.32 Å². The van der Waals surface area contributed by atoms with Gasteiger partial charge in [0.15, 0.2) is 0 Å². The predicted octanol–water partition coefficient (Wildman–Crippen LogP) is 1.31. The molecule has 0 unspecified atom stereocenters. The van der Waals surface area contributed by atoms with E-state index in [4.69, 9.17) is 0 Å². The zero-order chi connectivity index (χ0) is 16.6. The summed E-state index contributed by atoms with van der Waals surface area (Å²) in [5, 5.41) is 2.51. The summed E-state index contributed by atoms with van der Waals surface area (Å²) in [6.45, 7) is 1.87. The predicted molar refractivity (Wildman–Crippen MR) is 85.7 cm³/mol. The second kappa shape index (κ2) is 8.33. The van der Waals surface area contributed by atoms with Gasteiger partial charge in [-0.25, -0.2) is 13.1 Å². The first kappa shape index (κ1) is 17.9. The first-order valence-corrected chi connectivity index (χ1v) is 8.58. The summed E-state index contributed by atoms with van der Waals surface area (Å²) in [6, 6.07) is 6.57. The van der Waals surface area contributed by atoms with Crippen molar-refractivity contribution in [2.45, 2.75) is 19.8 Å². The first-order chi connectivity index (χ1) is 10.4. The van der Waals surface area contributed by atoms with Crippen LogP contribution in [-0.2, 0) is 14.8 Å². The Bertz CT molecular complexity index is 649. The molecule has 120 valence electrons. The van der Waals surface area contributed by atoms with Crippen molar-refractivity contribution >= 4 is 27.9 Å². The third-order valence-corrected chi connectivity index (χ3v) is 4.19. The maximum Gasteiger partial charge on any atom is 0.257 e. The Morgan fingerprint density at radius 3 is 2.36 bits per heavy atom. The molecule has 0 aliphatic carbocycles. The van der Waals surface area contributed by atoms with Crippen LogP contribution >= 0.6 is 0 Å². The van der Waals surface area contributed by atoms with Gasteiger partial charge in [-0.2, -0.15) is 0 Å². The molecule has 0 radical (unpaired) electrons. The summed E-state index contributed by atoms with van der Waals surface area (Å²) >= 11 is 0. The van der Waals surface area contributed by atoms with Gasteiger partial charge >= 0.3 is 0 Å². The molecule has 0 aliphatic heterocycles. The minimum Gasteiger partial charge on any atom is -0.355 e. The maximum absolute atomic E-state index is 11.6. The van der Waals surface area contributed by atoms with Gasteiger partial charge in [-0.3, -0.25) is 9.59 Å². The van der Waals surface area contributed by atoms with E-state index in [1.807, 2.05) is 11.6 Å². The number of rotatable bonds is 7. The Hall–Kier alpha value is -2.15. The Kier molecular flexibility index (Phi) is 6.78. The standard InChI is InChI=1S/C15H20N2O4S/c1-3-4-11-22(20,21)17-14(18)10-7-12-5-8-13(9-6-12)15(19)16-2/h5-10H,3-4,11H2,1-2H3,(H,16,19)(H,17,18)/b10-7+. The lowest BCUT2D eigenvalue weighted by Gasteiger charge is -2.03. The molecular formula is C15H20N2O4S. The number of carbonyl (C=O) groups is 2. The monoisotopic (exact) mass is 324 g/mol. The van der Waals surface area contributed by atoms with Gasteiger partial charge in [0.05, 0.1) is 5.75 Å². The van der Waals surface area contributed by atoms with Gasteiger partial charge in [0.25, 0.3) is 11.8 Å². The number of benzene rings is 1. The van der Waals surface area contributed by atoms with Crippen molar-refractivity contribution < 1.29 is 18.0 Å².